The number of methoxy groups -OCH3 is 1. The van der Waals surface area contributed by atoms with Crippen molar-refractivity contribution in [3.8, 4) is 5.75 Å². The summed E-state index contributed by atoms with van der Waals surface area (Å²) in [6, 6.07) is 6.51. The Kier molecular flexibility index (Phi) is 4.82. The minimum Gasteiger partial charge on any atom is -0.497 e. The summed E-state index contributed by atoms with van der Waals surface area (Å²) in [4.78, 5) is 8.98. The maximum absolute atomic E-state index is 12.9. The average Bonchev–Trinajstić information content (AvgIpc) is 2.62. The van der Waals surface area contributed by atoms with E-state index in [1.807, 2.05) is 6.92 Å². The van der Waals surface area contributed by atoms with Crippen LogP contribution >= 0.6 is 0 Å². The maximum Gasteiger partial charge on any atom is 0.243 e. The minimum atomic E-state index is -3.51. The zero-order valence-electron chi connectivity index (χ0n) is 13.8. The van der Waals surface area contributed by atoms with Crippen LogP contribution in [0.3, 0.4) is 0 Å². The van der Waals surface area contributed by atoms with Crippen LogP contribution in [0.25, 0.3) is 0 Å². The molecule has 128 valence electrons. The monoisotopic (exact) mass is 347 g/mol. The van der Waals surface area contributed by atoms with Gasteiger partial charge in [-0.15, -0.1) is 0 Å². The third kappa shape index (κ3) is 3.42. The number of aromatic nitrogens is 2. The van der Waals surface area contributed by atoms with Crippen molar-refractivity contribution in [3.63, 3.8) is 0 Å². The second-order valence-corrected chi connectivity index (χ2v) is 7.90. The van der Waals surface area contributed by atoms with Gasteiger partial charge >= 0.3 is 0 Å². The molecule has 0 radical (unpaired) electrons. The molecule has 1 aliphatic heterocycles. The van der Waals surface area contributed by atoms with E-state index in [2.05, 4.69) is 9.97 Å². The Labute approximate surface area is 142 Å². The van der Waals surface area contributed by atoms with E-state index in [9.17, 15) is 8.42 Å². The number of sulfonamides is 1. The molecule has 1 atom stereocenters. The fourth-order valence-corrected chi connectivity index (χ4v) is 4.50. The third-order valence-corrected chi connectivity index (χ3v) is 6.15. The lowest BCUT2D eigenvalue weighted by Crippen LogP contribution is -2.39. The Morgan fingerprint density at radius 3 is 2.62 bits per heavy atom. The molecule has 0 spiro atoms. The molecular formula is C17H21N3O3S. The lowest BCUT2D eigenvalue weighted by Gasteiger charge is -2.31. The van der Waals surface area contributed by atoms with E-state index in [0.717, 1.165) is 24.2 Å². The van der Waals surface area contributed by atoms with Crippen LogP contribution in [0.4, 0.5) is 0 Å². The molecule has 1 aromatic heterocycles. The summed E-state index contributed by atoms with van der Waals surface area (Å²) in [7, 11) is -1.95. The van der Waals surface area contributed by atoms with Crippen molar-refractivity contribution in [3.05, 3.63) is 48.0 Å². The first kappa shape index (κ1) is 16.9. The summed E-state index contributed by atoms with van der Waals surface area (Å²) >= 11 is 0. The molecule has 0 bridgehead atoms. The van der Waals surface area contributed by atoms with Gasteiger partial charge in [-0.05, 0) is 44.0 Å². The van der Waals surface area contributed by atoms with Crippen molar-refractivity contribution in [2.45, 2.75) is 30.6 Å². The molecule has 1 saturated heterocycles. The Morgan fingerprint density at radius 1 is 1.21 bits per heavy atom. The number of ether oxygens (including phenoxy) is 1. The van der Waals surface area contributed by atoms with E-state index < -0.39 is 10.0 Å². The van der Waals surface area contributed by atoms with Gasteiger partial charge in [0.15, 0.2) is 0 Å². The molecule has 2 aromatic rings. The molecule has 0 N–H and O–H groups in total. The number of piperidine rings is 1. The number of hydrogen-bond donors (Lipinski definition) is 0. The Hall–Kier alpha value is -1.99. The van der Waals surface area contributed by atoms with E-state index >= 15 is 0 Å². The third-order valence-electron chi connectivity index (χ3n) is 4.27. The van der Waals surface area contributed by atoms with Crippen molar-refractivity contribution in [2.75, 3.05) is 20.2 Å². The smallest absolute Gasteiger partial charge is 0.243 e. The first-order chi connectivity index (χ1) is 11.5. The standard InChI is InChI=1S/C17H21N3O3S/c1-13-10-18-11-17(19-13)14-4-3-9-20(12-14)24(21,22)16-7-5-15(23-2)6-8-16/h5-8,10-11,14H,3-4,9,12H2,1-2H3/t14-/m1/s1. The summed E-state index contributed by atoms with van der Waals surface area (Å²) < 4.78 is 32.4. The number of hydrogen-bond acceptors (Lipinski definition) is 5. The van der Waals surface area contributed by atoms with E-state index in [0.29, 0.717) is 23.7 Å². The molecule has 7 heteroatoms. The normalized spacial score (nSPS) is 19.2. The van der Waals surface area contributed by atoms with Gasteiger partial charge in [0.05, 0.1) is 23.4 Å². The van der Waals surface area contributed by atoms with E-state index in [1.54, 1.807) is 48.1 Å². The van der Waals surface area contributed by atoms with E-state index in [4.69, 9.17) is 4.74 Å². The highest BCUT2D eigenvalue weighted by Gasteiger charge is 2.31. The Morgan fingerprint density at radius 2 is 1.96 bits per heavy atom. The fourth-order valence-electron chi connectivity index (χ4n) is 2.98. The number of benzene rings is 1. The molecule has 3 rings (SSSR count). The topological polar surface area (TPSA) is 72.4 Å². The van der Waals surface area contributed by atoms with Crippen LogP contribution in [-0.2, 0) is 10.0 Å². The van der Waals surface area contributed by atoms with Crippen LogP contribution in [0, 0.1) is 6.92 Å². The summed E-state index contributed by atoms with van der Waals surface area (Å²) in [5, 5.41) is 0. The van der Waals surface area contributed by atoms with Crippen molar-refractivity contribution in [1.82, 2.24) is 14.3 Å². The van der Waals surface area contributed by atoms with Crippen LogP contribution < -0.4 is 4.74 Å². The summed E-state index contributed by atoms with van der Waals surface area (Å²) in [6.45, 7) is 2.86. The minimum absolute atomic E-state index is 0.0826. The summed E-state index contributed by atoms with van der Waals surface area (Å²) in [5.74, 6) is 0.722. The van der Waals surface area contributed by atoms with Gasteiger partial charge in [-0.2, -0.15) is 4.31 Å². The number of nitrogens with zero attached hydrogens (tertiary/aromatic N) is 3. The first-order valence-electron chi connectivity index (χ1n) is 7.93. The second-order valence-electron chi connectivity index (χ2n) is 5.96. The van der Waals surface area contributed by atoms with Crippen LogP contribution in [-0.4, -0.2) is 42.9 Å². The highest BCUT2D eigenvalue weighted by atomic mass is 32.2. The molecule has 0 unspecified atom stereocenters. The first-order valence-corrected chi connectivity index (χ1v) is 9.37. The molecule has 1 aromatic carbocycles. The molecule has 24 heavy (non-hydrogen) atoms. The molecule has 2 heterocycles. The van der Waals surface area contributed by atoms with Crippen LogP contribution in [0.1, 0.15) is 30.1 Å². The van der Waals surface area contributed by atoms with Crippen molar-refractivity contribution < 1.29 is 13.2 Å². The molecular weight excluding hydrogens is 326 g/mol. The van der Waals surface area contributed by atoms with Gasteiger partial charge < -0.3 is 4.74 Å². The van der Waals surface area contributed by atoms with Gasteiger partial charge in [-0.3, -0.25) is 9.97 Å². The highest BCUT2D eigenvalue weighted by Crippen LogP contribution is 2.29. The lowest BCUT2D eigenvalue weighted by atomic mass is 9.96. The van der Waals surface area contributed by atoms with Crippen molar-refractivity contribution in [2.24, 2.45) is 0 Å². The van der Waals surface area contributed by atoms with Crippen LogP contribution in [0.15, 0.2) is 41.6 Å². The SMILES string of the molecule is COc1ccc(S(=O)(=O)N2CCC[C@@H](c3cncc(C)n3)C2)cc1. The van der Waals surface area contributed by atoms with Crippen molar-refractivity contribution >= 4 is 10.0 Å². The zero-order chi connectivity index (χ0) is 17.2. The quantitative estimate of drug-likeness (QED) is 0.849. The Balaban J connectivity index is 1.82. The van der Waals surface area contributed by atoms with Gasteiger partial charge in [-0.25, -0.2) is 8.42 Å². The predicted octanol–water partition coefficient (Wildman–Crippen LogP) is 2.36. The second kappa shape index (κ2) is 6.86. The van der Waals surface area contributed by atoms with Crippen LogP contribution in [0.2, 0.25) is 0 Å². The summed E-state index contributed by atoms with van der Waals surface area (Å²) in [6.07, 6.45) is 5.18. The average molecular weight is 347 g/mol. The molecule has 0 aliphatic carbocycles. The zero-order valence-corrected chi connectivity index (χ0v) is 14.7. The summed E-state index contributed by atoms with van der Waals surface area (Å²) in [5.41, 5.74) is 1.72. The molecule has 1 aliphatic rings. The van der Waals surface area contributed by atoms with E-state index in [1.165, 1.54) is 0 Å². The van der Waals surface area contributed by atoms with Gasteiger partial charge in [0, 0.05) is 31.4 Å². The molecule has 0 saturated carbocycles. The van der Waals surface area contributed by atoms with E-state index in [-0.39, 0.29) is 5.92 Å². The molecule has 0 amide bonds. The predicted molar refractivity (Wildman–Crippen MR) is 90.5 cm³/mol. The molecule has 1 fully saturated rings. The highest BCUT2D eigenvalue weighted by molar-refractivity contribution is 7.89. The number of rotatable bonds is 4. The van der Waals surface area contributed by atoms with Gasteiger partial charge in [-0.1, -0.05) is 0 Å². The number of aryl methyl sites for hydroxylation is 1. The fraction of sp³-hybridized carbons (Fsp3) is 0.412. The largest absolute Gasteiger partial charge is 0.497 e. The van der Waals surface area contributed by atoms with Crippen molar-refractivity contribution in [1.29, 1.82) is 0 Å². The Bertz CT molecular complexity index is 806. The lowest BCUT2D eigenvalue weighted by molar-refractivity contribution is 0.312. The van der Waals surface area contributed by atoms with Gasteiger partial charge in [0.1, 0.15) is 5.75 Å². The molecule has 6 nitrogen and oxygen atoms in total. The van der Waals surface area contributed by atoms with Crippen LogP contribution in [0.5, 0.6) is 5.75 Å². The maximum atomic E-state index is 12.9. The van der Waals surface area contributed by atoms with Gasteiger partial charge in [0.2, 0.25) is 10.0 Å². The van der Waals surface area contributed by atoms with Gasteiger partial charge in [0.25, 0.3) is 0 Å².